The number of hydrogen-bond acceptors (Lipinski definition) is 8. The number of anilines is 2. The van der Waals surface area contributed by atoms with E-state index < -0.39 is 0 Å². The van der Waals surface area contributed by atoms with E-state index in [1.165, 1.54) is 22.7 Å². The first-order valence-corrected chi connectivity index (χ1v) is 11.0. The summed E-state index contributed by atoms with van der Waals surface area (Å²) in [7, 11) is 0. The van der Waals surface area contributed by atoms with Crippen molar-refractivity contribution in [2.24, 2.45) is 0 Å². The highest BCUT2D eigenvalue weighted by Crippen LogP contribution is 2.24. The van der Waals surface area contributed by atoms with Crippen LogP contribution < -0.4 is 15.4 Å². The standard InChI is InChI=1S/C21H17N5O3S2/c1-13-10-15(29-20-22-7-3-8-23-20)5-6-16(13)25-18(27)11-14-12-31-21(24-14)26-19(28)17-4-2-9-30-17/h2-10,12H,11H2,1H3,(H,25,27)(H,24,26,28). The number of ether oxygens (including phenoxy) is 1. The number of thiazole rings is 1. The van der Waals surface area contributed by atoms with Gasteiger partial charge in [0.05, 0.1) is 17.0 Å². The molecule has 2 amide bonds. The highest BCUT2D eigenvalue weighted by molar-refractivity contribution is 7.14. The Balaban J connectivity index is 1.33. The van der Waals surface area contributed by atoms with Crippen LogP contribution in [-0.4, -0.2) is 26.8 Å². The number of carbonyl (C=O) groups excluding carboxylic acids is 2. The molecule has 0 radical (unpaired) electrons. The van der Waals surface area contributed by atoms with Crippen LogP contribution in [0, 0.1) is 6.92 Å². The Labute approximate surface area is 186 Å². The minimum absolute atomic E-state index is 0.0981. The van der Waals surface area contributed by atoms with Crippen LogP contribution in [-0.2, 0) is 11.2 Å². The Kier molecular flexibility index (Phi) is 6.29. The van der Waals surface area contributed by atoms with Gasteiger partial charge >= 0.3 is 6.01 Å². The maximum Gasteiger partial charge on any atom is 0.321 e. The van der Waals surface area contributed by atoms with Crippen molar-refractivity contribution >= 4 is 45.3 Å². The summed E-state index contributed by atoms with van der Waals surface area (Å²) in [6.07, 6.45) is 3.30. The number of hydrogen-bond donors (Lipinski definition) is 2. The first kappa shape index (κ1) is 20.6. The van der Waals surface area contributed by atoms with Gasteiger partial charge in [-0.15, -0.1) is 22.7 Å². The van der Waals surface area contributed by atoms with Crippen LogP contribution in [0.1, 0.15) is 20.9 Å². The maximum absolute atomic E-state index is 12.4. The zero-order valence-electron chi connectivity index (χ0n) is 16.4. The SMILES string of the molecule is Cc1cc(Oc2ncccn2)ccc1NC(=O)Cc1csc(NC(=O)c2cccs2)n1. The van der Waals surface area contributed by atoms with Crippen molar-refractivity contribution in [2.75, 3.05) is 10.6 Å². The average molecular weight is 452 g/mol. The summed E-state index contributed by atoms with van der Waals surface area (Å²) in [5, 5.41) is 9.67. The van der Waals surface area contributed by atoms with Gasteiger partial charge < -0.3 is 10.1 Å². The smallest absolute Gasteiger partial charge is 0.321 e. The lowest BCUT2D eigenvalue weighted by Gasteiger charge is -2.10. The topological polar surface area (TPSA) is 106 Å². The van der Waals surface area contributed by atoms with Crippen LogP contribution in [0.3, 0.4) is 0 Å². The number of benzene rings is 1. The van der Waals surface area contributed by atoms with Crippen molar-refractivity contribution in [1.82, 2.24) is 15.0 Å². The Morgan fingerprint density at radius 2 is 1.90 bits per heavy atom. The molecular weight excluding hydrogens is 434 g/mol. The van der Waals surface area contributed by atoms with Crippen LogP contribution in [0.25, 0.3) is 0 Å². The lowest BCUT2D eigenvalue weighted by molar-refractivity contribution is -0.115. The lowest BCUT2D eigenvalue weighted by Crippen LogP contribution is -2.15. The molecule has 0 saturated heterocycles. The van der Waals surface area contributed by atoms with Gasteiger partial charge in [0.25, 0.3) is 5.91 Å². The first-order chi connectivity index (χ1) is 15.1. The Hall–Kier alpha value is -3.63. The molecule has 156 valence electrons. The minimum atomic E-state index is -0.209. The molecule has 0 unspecified atom stereocenters. The number of aryl methyl sites for hydroxylation is 1. The van der Waals surface area contributed by atoms with E-state index in [4.69, 9.17) is 4.74 Å². The maximum atomic E-state index is 12.4. The second-order valence-electron chi connectivity index (χ2n) is 6.41. The molecule has 1 aromatic carbocycles. The summed E-state index contributed by atoms with van der Waals surface area (Å²) in [4.78, 5) is 37.5. The third-order valence-corrected chi connectivity index (χ3v) is 5.76. The molecule has 3 aromatic heterocycles. The first-order valence-electron chi connectivity index (χ1n) is 9.21. The Morgan fingerprint density at radius 3 is 2.65 bits per heavy atom. The summed E-state index contributed by atoms with van der Waals surface area (Å²) < 4.78 is 5.60. The number of amides is 2. The van der Waals surface area contributed by atoms with E-state index in [0.29, 0.717) is 27.1 Å². The molecular formula is C21H17N5O3S2. The number of aromatic nitrogens is 3. The molecule has 0 saturated carbocycles. The van der Waals surface area contributed by atoms with E-state index in [1.54, 1.807) is 48.1 Å². The molecule has 3 heterocycles. The number of rotatable bonds is 7. The van der Waals surface area contributed by atoms with Crippen LogP contribution in [0.4, 0.5) is 10.8 Å². The largest absolute Gasteiger partial charge is 0.424 e. The van der Waals surface area contributed by atoms with Gasteiger partial charge in [-0.3, -0.25) is 14.9 Å². The normalized spacial score (nSPS) is 10.5. The van der Waals surface area contributed by atoms with Gasteiger partial charge in [-0.2, -0.15) is 0 Å². The number of thiophene rings is 1. The molecule has 10 heteroatoms. The van der Waals surface area contributed by atoms with E-state index in [0.717, 1.165) is 5.56 Å². The molecule has 0 atom stereocenters. The van der Waals surface area contributed by atoms with Gasteiger partial charge in [0.15, 0.2) is 5.13 Å². The van der Waals surface area contributed by atoms with Crippen LogP contribution in [0.15, 0.2) is 59.6 Å². The van der Waals surface area contributed by atoms with Crippen LogP contribution >= 0.6 is 22.7 Å². The Morgan fingerprint density at radius 1 is 1.06 bits per heavy atom. The molecule has 8 nitrogen and oxygen atoms in total. The summed E-state index contributed by atoms with van der Waals surface area (Å²) in [6, 6.07) is 10.8. The molecule has 0 aliphatic carbocycles. The molecule has 31 heavy (non-hydrogen) atoms. The van der Waals surface area contributed by atoms with Gasteiger partial charge in [-0.1, -0.05) is 6.07 Å². The fourth-order valence-electron chi connectivity index (χ4n) is 2.65. The van der Waals surface area contributed by atoms with Crippen molar-refractivity contribution in [2.45, 2.75) is 13.3 Å². The van der Waals surface area contributed by atoms with Crippen molar-refractivity contribution < 1.29 is 14.3 Å². The second-order valence-corrected chi connectivity index (χ2v) is 8.22. The Bertz CT molecular complexity index is 1190. The third-order valence-electron chi connectivity index (χ3n) is 4.08. The van der Waals surface area contributed by atoms with E-state index in [9.17, 15) is 9.59 Å². The van der Waals surface area contributed by atoms with Crippen LogP contribution in [0.5, 0.6) is 11.8 Å². The highest BCUT2D eigenvalue weighted by Gasteiger charge is 2.13. The summed E-state index contributed by atoms with van der Waals surface area (Å²) >= 11 is 2.64. The molecule has 2 N–H and O–H groups in total. The summed E-state index contributed by atoms with van der Waals surface area (Å²) in [5.41, 5.74) is 2.10. The fourth-order valence-corrected chi connectivity index (χ4v) is 3.98. The molecule has 0 spiro atoms. The van der Waals surface area contributed by atoms with Crippen LogP contribution in [0.2, 0.25) is 0 Å². The minimum Gasteiger partial charge on any atom is -0.424 e. The predicted molar refractivity (Wildman–Crippen MR) is 120 cm³/mol. The van der Waals surface area contributed by atoms with E-state index >= 15 is 0 Å². The van der Waals surface area contributed by atoms with Gasteiger partial charge in [0, 0.05) is 23.5 Å². The predicted octanol–water partition coefficient (Wildman–Crippen LogP) is 4.53. The van der Waals surface area contributed by atoms with E-state index in [-0.39, 0.29) is 24.2 Å². The van der Waals surface area contributed by atoms with Crippen molar-refractivity contribution in [1.29, 1.82) is 0 Å². The van der Waals surface area contributed by atoms with Crippen molar-refractivity contribution in [3.05, 3.63) is 75.7 Å². The average Bonchev–Trinajstić information content (AvgIpc) is 3.43. The van der Waals surface area contributed by atoms with Gasteiger partial charge in [-0.25, -0.2) is 15.0 Å². The molecule has 4 aromatic rings. The van der Waals surface area contributed by atoms with Gasteiger partial charge in [0.1, 0.15) is 5.75 Å². The highest BCUT2D eigenvalue weighted by atomic mass is 32.1. The molecule has 0 aliphatic heterocycles. The zero-order chi connectivity index (χ0) is 21.6. The number of nitrogens with one attached hydrogen (secondary N) is 2. The quantitative estimate of drug-likeness (QED) is 0.428. The van der Waals surface area contributed by atoms with Crippen molar-refractivity contribution in [3.8, 4) is 11.8 Å². The number of nitrogens with zero attached hydrogens (tertiary/aromatic N) is 3. The number of carbonyl (C=O) groups is 2. The molecule has 0 aliphatic rings. The van der Waals surface area contributed by atoms with Gasteiger partial charge in [-0.05, 0) is 48.2 Å². The van der Waals surface area contributed by atoms with Gasteiger partial charge in [0.2, 0.25) is 5.91 Å². The van der Waals surface area contributed by atoms with E-state index in [2.05, 4.69) is 25.6 Å². The van der Waals surface area contributed by atoms with Crippen molar-refractivity contribution in [3.63, 3.8) is 0 Å². The fraction of sp³-hybridized carbons (Fsp3) is 0.0952. The molecule has 4 rings (SSSR count). The molecule has 0 bridgehead atoms. The molecule has 0 fully saturated rings. The third kappa shape index (κ3) is 5.50. The van der Waals surface area contributed by atoms with E-state index in [1.807, 2.05) is 18.4 Å². The second kappa shape index (κ2) is 9.45. The zero-order valence-corrected chi connectivity index (χ0v) is 18.0. The lowest BCUT2D eigenvalue weighted by atomic mass is 10.2. The monoisotopic (exact) mass is 451 g/mol. The summed E-state index contributed by atoms with van der Waals surface area (Å²) in [5.74, 6) is 0.163. The summed E-state index contributed by atoms with van der Waals surface area (Å²) in [6.45, 7) is 1.87.